The highest BCUT2D eigenvalue weighted by molar-refractivity contribution is 5.15. The Bertz CT molecular complexity index is 259. The predicted octanol–water partition coefficient (Wildman–Crippen LogP) is 1.21. The van der Waals surface area contributed by atoms with E-state index in [2.05, 4.69) is 18.4 Å². The van der Waals surface area contributed by atoms with E-state index < -0.39 is 0 Å². The van der Waals surface area contributed by atoms with Crippen molar-refractivity contribution in [1.29, 1.82) is 0 Å². The van der Waals surface area contributed by atoms with Gasteiger partial charge >= 0.3 is 0 Å². The van der Waals surface area contributed by atoms with Gasteiger partial charge in [-0.2, -0.15) is 0 Å². The highest BCUT2D eigenvalue weighted by atomic mass is 16.5. The lowest BCUT2D eigenvalue weighted by molar-refractivity contribution is -0.847. The second kappa shape index (κ2) is 4.43. The van der Waals surface area contributed by atoms with Crippen LogP contribution >= 0.6 is 0 Å². The lowest BCUT2D eigenvalue weighted by Crippen LogP contribution is -3.08. The van der Waals surface area contributed by atoms with Crippen molar-refractivity contribution in [3.63, 3.8) is 0 Å². The summed E-state index contributed by atoms with van der Waals surface area (Å²) >= 11 is 0. The lowest BCUT2D eigenvalue weighted by atomic mass is 10.0. The Hall–Kier alpha value is -0.820. The van der Waals surface area contributed by atoms with E-state index in [4.69, 9.17) is 0 Å². The van der Waals surface area contributed by atoms with Crippen LogP contribution in [0.15, 0.2) is 29.5 Å². The van der Waals surface area contributed by atoms with Crippen molar-refractivity contribution in [3.8, 4) is 0 Å². The zero-order valence-corrected chi connectivity index (χ0v) is 8.39. The van der Waals surface area contributed by atoms with Crippen LogP contribution in [-0.4, -0.2) is 13.1 Å². The molecule has 0 fully saturated rings. The summed E-state index contributed by atoms with van der Waals surface area (Å²) in [7, 11) is 1.66. The maximum absolute atomic E-state index is 11.3. The third kappa shape index (κ3) is 2.56. The van der Waals surface area contributed by atoms with Crippen LogP contribution in [0.3, 0.4) is 0 Å². The molecule has 2 atom stereocenters. The summed E-state index contributed by atoms with van der Waals surface area (Å²) in [4.78, 5) is 0. The summed E-state index contributed by atoms with van der Waals surface area (Å²) < 4.78 is 0. The highest BCUT2D eigenvalue weighted by Gasteiger charge is 2.19. The maximum atomic E-state index is 11.3. The monoisotopic (exact) mass is 179 g/mol. The number of hydrogen-bond acceptors (Lipinski definition) is 1. The second-order valence-electron chi connectivity index (χ2n) is 3.63. The van der Waals surface area contributed by atoms with Gasteiger partial charge in [0.1, 0.15) is 6.04 Å². The minimum atomic E-state index is 0.0757. The summed E-state index contributed by atoms with van der Waals surface area (Å²) in [6.07, 6.45) is 5.01. The minimum Gasteiger partial charge on any atom is -0.634 e. The van der Waals surface area contributed by atoms with Crippen molar-refractivity contribution >= 4 is 0 Å². The van der Waals surface area contributed by atoms with Crippen molar-refractivity contribution < 1.29 is 5.06 Å². The van der Waals surface area contributed by atoms with E-state index in [0.29, 0.717) is 0 Å². The standard InChI is InChI=1S/C11H17NO/c1-4-10-7-5-6-9(2)11(8-10)12(3)13/h6,11-12H,1,5,7-8H2,2-3H3. The Morgan fingerprint density at radius 3 is 2.92 bits per heavy atom. The molecule has 1 N–H and O–H groups in total. The van der Waals surface area contributed by atoms with E-state index in [1.807, 2.05) is 6.92 Å². The Labute approximate surface area is 79.8 Å². The average Bonchev–Trinajstić information content (AvgIpc) is 2.26. The second-order valence-corrected chi connectivity index (χ2v) is 3.63. The molecule has 2 heteroatoms. The number of hydrogen-bond donors (Lipinski definition) is 1. The van der Waals surface area contributed by atoms with Gasteiger partial charge in [0.2, 0.25) is 0 Å². The van der Waals surface area contributed by atoms with Crippen molar-refractivity contribution in [2.45, 2.75) is 32.2 Å². The van der Waals surface area contributed by atoms with E-state index in [9.17, 15) is 5.21 Å². The van der Waals surface area contributed by atoms with Gasteiger partial charge in [0.05, 0.1) is 7.05 Å². The average molecular weight is 179 g/mol. The van der Waals surface area contributed by atoms with Crippen LogP contribution in [0.1, 0.15) is 26.2 Å². The smallest absolute Gasteiger partial charge is 0.113 e. The first-order valence-electron chi connectivity index (χ1n) is 4.70. The van der Waals surface area contributed by atoms with E-state index in [1.165, 1.54) is 11.1 Å². The SMILES string of the molecule is C=C=C1CCC=C(C)C([NH+](C)[O-])C1. The minimum absolute atomic E-state index is 0.0757. The van der Waals surface area contributed by atoms with Gasteiger partial charge in [-0.05, 0) is 30.9 Å². The topological polar surface area (TPSA) is 27.5 Å². The molecule has 0 aromatic carbocycles. The van der Waals surface area contributed by atoms with E-state index in [1.54, 1.807) is 7.05 Å². The van der Waals surface area contributed by atoms with E-state index in [0.717, 1.165) is 19.3 Å². The van der Waals surface area contributed by atoms with Crippen LogP contribution in [0.25, 0.3) is 0 Å². The number of quaternary nitrogens is 1. The zero-order chi connectivity index (χ0) is 9.84. The molecule has 0 radical (unpaired) electrons. The maximum Gasteiger partial charge on any atom is 0.113 e. The number of nitrogens with one attached hydrogen (secondary N) is 1. The first-order chi connectivity index (χ1) is 6.15. The summed E-state index contributed by atoms with van der Waals surface area (Å²) in [5.41, 5.74) is 5.32. The van der Waals surface area contributed by atoms with Gasteiger partial charge in [0.25, 0.3) is 0 Å². The Balaban J connectivity index is 2.83. The normalized spacial score (nSPS) is 25.9. The van der Waals surface area contributed by atoms with Gasteiger partial charge in [-0.3, -0.25) is 0 Å². The van der Waals surface area contributed by atoms with Gasteiger partial charge in [0.15, 0.2) is 0 Å². The molecule has 1 rings (SSSR count). The lowest BCUT2D eigenvalue weighted by Gasteiger charge is -2.27. The fraction of sp³-hybridized carbons (Fsp3) is 0.545. The summed E-state index contributed by atoms with van der Waals surface area (Å²) in [5.74, 6) is 0. The molecular formula is C11H17NO. The predicted molar refractivity (Wildman–Crippen MR) is 54.3 cm³/mol. The molecule has 0 bridgehead atoms. The van der Waals surface area contributed by atoms with E-state index >= 15 is 0 Å². The Morgan fingerprint density at radius 2 is 2.38 bits per heavy atom. The third-order valence-corrected chi connectivity index (χ3v) is 2.65. The van der Waals surface area contributed by atoms with Crippen molar-refractivity contribution in [3.05, 3.63) is 34.7 Å². The van der Waals surface area contributed by atoms with Gasteiger partial charge in [-0.15, -0.1) is 5.73 Å². The summed E-state index contributed by atoms with van der Waals surface area (Å²) in [6.45, 7) is 5.69. The molecule has 2 nitrogen and oxygen atoms in total. The van der Waals surface area contributed by atoms with Crippen LogP contribution in [0.4, 0.5) is 0 Å². The molecule has 0 aromatic heterocycles. The molecule has 0 aliphatic heterocycles. The van der Waals surface area contributed by atoms with Gasteiger partial charge in [-0.25, -0.2) is 0 Å². The van der Waals surface area contributed by atoms with Crippen LogP contribution in [0.2, 0.25) is 0 Å². The number of allylic oxidation sites excluding steroid dienone is 1. The Morgan fingerprint density at radius 1 is 1.69 bits per heavy atom. The Kier molecular flexibility index (Phi) is 3.49. The fourth-order valence-electron chi connectivity index (χ4n) is 1.75. The molecule has 0 aromatic rings. The molecule has 0 amide bonds. The van der Waals surface area contributed by atoms with Gasteiger partial charge in [0, 0.05) is 6.42 Å². The van der Waals surface area contributed by atoms with Crippen molar-refractivity contribution in [2.24, 2.45) is 0 Å². The van der Waals surface area contributed by atoms with Crippen molar-refractivity contribution in [2.75, 3.05) is 7.05 Å². The summed E-state index contributed by atoms with van der Waals surface area (Å²) in [5, 5.41) is 11.6. The first kappa shape index (κ1) is 10.3. The molecule has 1 aliphatic rings. The molecule has 0 saturated carbocycles. The molecular weight excluding hydrogens is 162 g/mol. The van der Waals surface area contributed by atoms with Crippen LogP contribution in [-0.2, 0) is 0 Å². The van der Waals surface area contributed by atoms with Crippen LogP contribution in [0.5, 0.6) is 0 Å². The first-order valence-corrected chi connectivity index (χ1v) is 4.70. The zero-order valence-electron chi connectivity index (χ0n) is 8.39. The molecule has 0 saturated heterocycles. The van der Waals surface area contributed by atoms with Gasteiger partial charge in [-0.1, -0.05) is 12.7 Å². The highest BCUT2D eigenvalue weighted by Crippen LogP contribution is 2.19. The molecule has 1 aliphatic carbocycles. The van der Waals surface area contributed by atoms with Crippen molar-refractivity contribution in [1.82, 2.24) is 0 Å². The van der Waals surface area contributed by atoms with Gasteiger partial charge < -0.3 is 10.3 Å². The molecule has 72 valence electrons. The number of hydroxylamine groups is 2. The fourth-order valence-corrected chi connectivity index (χ4v) is 1.75. The summed E-state index contributed by atoms with van der Waals surface area (Å²) in [6, 6.07) is 0.0757. The number of likely N-dealkylation sites (N-methyl/N-ethyl adjacent to an activating group) is 1. The van der Waals surface area contributed by atoms with Crippen LogP contribution < -0.4 is 5.06 Å². The number of rotatable bonds is 1. The molecule has 13 heavy (non-hydrogen) atoms. The molecule has 0 spiro atoms. The quantitative estimate of drug-likeness (QED) is 0.366. The van der Waals surface area contributed by atoms with Crippen LogP contribution in [0, 0.1) is 5.21 Å². The largest absolute Gasteiger partial charge is 0.634 e. The third-order valence-electron chi connectivity index (χ3n) is 2.65. The molecule has 2 unspecified atom stereocenters. The molecule has 0 heterocycles. The van der Waals surface area contributed by atoms with E-state index in [-0.39, 0.29) is 11.1 Å².